The lowest BCUT2D eigenvalue weighted by molar-refractivity contribution is -0.123. The summed E-state index contributed by atoms with van der Waals surface area (Å²) in [4.78, 5) is 14.2. The third kappa shape index (κ3) is 6.05. The molecule has 0 aromatic heterocycles. The van der Waals surface area contributed by atoms with Crippen LogP contribution in [-0.2, 0) is 4.79 Å². The molecule has 2 aromatic carbocycles. The predicted octanol–water partition coefficient (Wildman–Crippen LogP) is 3.16. The van der Waals surface area contributed by atoms with Crippen LogP contribution in [0.5, 0.6) is 17.2 Å². The van der Waals surface area contributed by atoms with E-state index in [0.717, 1.165) is 5.56 Å². The van der Waals surface area contributed by atoms with Crippen molar-refractivity contribution >= 4 is 17.5 Å². The number of nitrogens with one attached hydrogen (secondary N) is 1. The van der Waals surface area contributed by atoms with Crippen LogP contribution >= 0.6 is 11.6 Å². The summed E-state index contributed by atoms with van der Waals surface area (Å²) in [5.41, 5.74) is 1.01. The van der Waals surface area contributed by atoms with Crippen LogP contribution in [0.3, 0.4) is 0 Å². The summed E-state index contributed by atoms with van der Waals surface area (Å²) in [6.45, 7) is 0.374. The topological polar surface area (TPSA) is 60.0 Å². The normalized spacial score (nSPS) is 11.8. The highest BCUT2D eigenvalue weighted by Gasteiger charge is 2.17. The van der Waals surface area contributed by atoms with E-state index in [9.17, 15) is 4.79 Å². The maximum absolute atomic E-state index is 12.1. The fraction of sp³-hybridized carbons (Fsp3) is 0.350. The lowest BCUT2D eigenvalue weighted by Crippen LogP contribution is -2.36. The van der Waals surface area contributed by atoms with E-state index >= 15 is 0 Å². The number of hydrogen-bond donors (Lipinski definition) is 1. The van der Waals surface area contributed by atoms with E-state index in [1.54, 1.807) is 38.5 Å². The van der Waals surface area contributed by atoms with Crippen molar-refractivity contribution in [2.24, 2.45) is 0 Å². The lowest BCUT2D eigenvalue weighted by atomic mass is 10.1. The Balaban J connectivity index is 1.95. The Morgan fingerprint density at radius 2 is 1.74 bits per heavy atom. The van der Waals surface area contributed by atoms with Gasteiger partial charge < -0.3 is 24.4 Å². The van der Waals surface area contributed by atoms with E-state index in [2.05, 4.69) is 5.32 Å². The molecule has 1 N–H and O–H groups in total. The van der Waals surface area contributed by atoms with Crippen molar-refractivity contribution < 1.29 is 19.0 Å². The van der Waals surface area contributed by atoms with Gasteiger partial charge in [0, 0.05) is 11.6 Å². The van der Waals surface area contributed by atoms with Crippen molar-refractivity contribution in [2.75, 3.05) is 41.5 Å². The van der Waals surface area contributed by atoms with Gasteiger partial charge in [0.15, 0.2) is 18.1 Å². The van der Waals surface area contributed by atoms with Gasteiger partial charge in [-0.1, -0.05) is 17.7 Å². The van der Waals surface area contributed by atoms with E-state index < -0.39 is 0 Å². The minimum atomic E-state index is -0.197. The lowest BCUT2D eigenvalue weighted by Gasteiger charge is -2.26. The van der Waals surface area contributed by atoms with Crippen LogP contribution in [0.4, 0.5) is 0 Å². The number of methoxy groups -OCH3 is 2. The fourth-order valence-electron chi connectivity index (χ4n) is 2.60. The monoisotopic (exact) mass is 392 g/mol. The molecule has 27 heavy (non-hydrogen) atoms. The zero-order valence-electron chi connectivity index (χ0n) is 16.0. The minimum absolute atomic E-state index is 0.0238. The average Bonchev–Trinajstić information content (AvgIpc) is 2.67. The first-order valence-electron chi connectivity index (χ1n) is 8.48. The number of hydrogen-bond acceptors (Lipinski definition) is 5. The molecule has 0 fully saturated rings. The smallest absolute Gasteiger partial charge is 0.258 e. The van der Waals surface area contributed by atoms with Crippen molar-refractivity contribution in [1.82, 2.24) is 10.2 Å². The Hall–Kier alpha value is -2.44. The van der Waals surface area contributed by atoms with Gasteiger partial charge in [-0.3, -0.25) is 4.79 Å². The van der Waals surface area contributed by atoms with E-state index in [4.69, 9.17) is 25.8 Å². The van der Waals surface area contributed by atoms with Crippen LogP contribution in [0.25, 0.3) is 0 Å². The summed E-state index contributed by atoms with van der Waals surface area (Å²) in [6.07, 6.45) is 0. The molecule has 1 amide bonds. The van der Waals surface area contributed by atoms with Gasteiger partial charge in [-0.05, 0) is 56.1 Å². The number of rotatable bonds is 9. The number of carbonyl (C=O) groups is 1. The van der Waals surface area contributed by atoms with Crippen LogP contribution in [0.1, 0.15) is 11.6 Å². The van der Waals surface area contributed by atoms with Crippen LogP contribution in [0.15, 0.2) is 42.5 Å². The van der Waals surface area contributed by atoms with Crippen molar-refractivity contribution in [2.45, 2.75) is 6.04 Å². The summed E-state index contributed by atoms with van der Waals surface area (Å²) in [7, 11) is 7.11. The number of carbonyl (C=O) groups excluding carboxylic acids is 1. The average molecular weight is 393 g/mol. The first-order valence-corrected chi connectivity index (χ1v) is 8.85. The summed E-state index contributed by atoms with van der Waals surface area (Å²) >= 11 is 5.83. The molecule has 146 valence electrons. The quantitative estimate of drug-likeness (QED) is 0.710. The van der Waals surface area contributed by atoms with Crippen LogP contribution in [0.2, 0.25) is 5.02 Å². The minimum Gasteiger partial charge on any atom is -0.493 e. The number of halogens is 1. The van der Waals surface area contributed by atoms with Crippen LogP contribution in [-0.4, -0.2) is 52.3 Å². The first kappa shape index (κ1) is 20.9. The number of nitrogens with zero attached hydrogens (tertiary/aromatic N) is 1. The Bertz CT molecular complexity index is 750. The van der Waals surface area contributed by atoms with E-state index in [-0.39, 0.29) is 18.6 Å². The largest absolute Gasteiger partial charge is 0.493 e. The highest BCUT2D eigenvalue weighted by Crippen LogP contribution is 2.31. The highest BCUT2D eigenvalue weighted by atomic mass is 35.5. The molecule has 0 saturated heterocycles. The highest BCUT2D eigenvalue weighted by molar-refractivity contribution is 6.30. The third-order valence-electron chi connectivity index (χ3n) is 4.09. The Morgan fingerprint density at radius 3 is 2.33 bits per heavy atom. The maximum Gasteiger partial charge on any atom is 0.258 e. The van der Waals surface area contributed by atoms with Gasteiger partial charge >= 0.3 is 0 Å². The van der Waals surface area contributed by atoms with E-state index in [1.165, 1.54) is 0 Å². The molecule has 0 heterocycles. The molecule has 0 aliphatic rings. The molecule has 0 bridgehead atoms. The predicted molar refractivity (Wildman–Crippen MR) is 106 cm³/mol. The first-order chi connectivity index (χ1) is 12.9. The third-order valence-corrected chi connectivity index (χ3v) is 4.34. The van der Waals surface area contributed by atoms with Crippen molar-refractivity contribution in [1.29, 1.82) is 0 Å². The van der Waals surface area contributed by atoms with Crippen LogP contribution < -0.4 is 19.5 Å². The Morgan fingerprint density at radius 1 is 1.07 bits per heavy atom. The second-order valence-corrected chi connectivity index (χ2v) is 6.58. The summed E-state index contributed by atoms with van der Waals surface area (Å²) in [5, 5.41) is 3.53. The van der Waals surface area contributed by atoms with Gasteiger partial charge in [-0.2, -0.15) is 0 Å². The van der Waals surface area contributed by atoms with E-state index in [1.807, 2.05) is 37.2 Å². The molecule has 7 heteroatoms. The second-order valence-electron chi connectivity index (χ2n) is 6.14. The molecular formula is C20H25ClN2O4. The van der Waals surface area contributed by atoms with Gasteiger partial charge in [-0.15, -0.1) is 0 Å². The molecule has 1 unspecified atom stereocenters. The number of benzene rings is 2. The fourth-order valence-corrected chi connectivity index (χ4v) is 2.73. The molecule has 6 nitrogen and oxygen atoms in total. The molecule has 0 saturated carbocycles. The molecule has 0 aliphatic heterocycles. The Labute approximate surface area is 165 Å². The second kappa shape index (κ2) is 10.0. The van der Waals surface area contributed by atoms with Crippen molar-refractivity contribution in [3.63, 3.8) is 0 Å². The van der Waals surface area contributed by atoms with Crippen molar-refractivity contribution in [3.05, 3.63) is 53.1 Å². The molecule has 0 radical (unpaired) electrons. The van der Waals surface area contributed by atoms with Crippen LogP contribution in [0, 0.1) is 0 Å². The number of amides is 1. The van der Waals surface area contributed by atoms with E-state index in [0.29, 0.717) is 28.8 Å². The van der Waals surface area contributed by atoms with Gasteiger partial charge in [0.05, 0.1) is 20.3 Å². The molecular weight excluding hydrogens is 368 g/mol. The molecule has 0 aliphatic carbocycles. The van der Waals surface area contributed by atoms with Gasteiger partial charge in [0.25, 0.3) is 5.91 Å². The zero-order chi connectivity index (χ0) is 19.8. The number of likely N-dealkylation sites (N-methyl/N-ethyl adjacent to an activating group) is 1. The molecule has 2 aromatic rings. The molecule has 2 rings (SSSR count). The molecule has 0 spiro atoms. The maximum atomic E-state index is 12.1. The molecule has 1 atom stereocenters. The summed E-state index contributed by atoms with van der Waals surface area (Å²) < 4.78 is 16.1. The van der Waals surface area contributed by atoms with Gasteiger partial charge in [0.2, 0.25) is 0 Å². The zero-order valence-corrected chi connectivity index (χ0v) is 16.7. The summed E-state index contributed by atoms with van der Waals surface area (Å²) in [6, 6.07) is 12.6. The standard InChI is InChI=1S/C20H25ClN2O4/c1-23(2)17(14-5-10-18(25-3)19(11-14)26-4)12-22-20(24)13-27-16-8-6-15(21)7-9-16/h5-11,17H,12-13H2,1-4H3,(H,22,24). The number of ether oxygens (including phenoxy) is 3. The van der Waals surface area contributed by atoms with Gasteiger partial charge in [-0.25, -0.2) is 0 Å². The van der Waals surface area contributed by atoms with Gasteiger partial charge in [0.1, 0.15) is 5.75 Å². The SMILES string of the molecule is COc1ccc(C(CNC(=O)COc2ccc(Cl)cc2)N(C)C)cc1OC. The Kier molecular flexibility index (Phi) is 7.76. The summed E-state index contributed by atoms with van der Waals surface area (Å²) in [5.74, 6) is 1.72. The van der Waals surface area contributed by atoms with Crippen molar-refractivity contribution in [3.8, 4) is 17.2 Å².